The number of thioether (sulfide) groups is 1. The Hall–Kier alpha value is -5.86. The summed E-state index contributed by atoms with van der Waals surface area (Å²) in [6.07, 6.45) is 2.06. The van der Waals surface area contributed by atoms with E-state index in [0.717, 1.165) is 120 Å². The van der Waals surface area contributed by atoms with Crippen LogP contribution in [-0.4, -0.2) is 148 Å². The molecular formula is C51H59N9O7S2. The molecule has 3 aliphatic rings. The Morgan fingerprint density at radius 1 is 0.754 bits per heavy atom. The summed E-state index contributed by atoms with van der Waals surface area (Å²) < 4.78 is 47.4. The van der Waals surface area contributed by atoms with Crippen molar-refractivity contribution in [1.29, 1.82) is 0 Å². The van der Waals surface area contributed by atoms with E-state index in [4.69, 9.17) is 14.2 Å². The first-order valence-corrected chi connectivity index (χ1v) is 26.1. The average Bonchev–Trinajstić information content (AvgIpc) is 3.38. The SMILES string of the molecule is O=[N+]([O-])c1cc(S(=O)(=O)Nc2ncnc3cc(N4CCN(Cc5ccccc5-c5ccc(OCCN6CCOCC6)cc5)CC4)ccc23)ccc1N[C@H](CCN1CCOCC1)CSc1ccccc1. The molecule has 1 atom stereocenters. The van der Waals surface area contributed by atoms with Crippen molar-refractivity contribution in [2.45, 2.75) is 28.8 Å². The Morgan fingerprint density at radius 2 is 1.46 bits per heavy atom. The lowest BCUT2D eigenvalue weighted by Crippen LogP contribution is -2.46. The van der Waals surface area contributed by atoms with Gasteiger partial charge < -0.3 is 24.4 Å². The molecule has 0 bridgehead atoms. The number of nitro groups is 1. The Labute approximate surface area is 408 Å². The number of piperazine rings is 1. The first kappa shape index (κ1) is 48.2. The third kappa shape index (κ3) is 12.9. The van der Waals surface area contributed by atoms with Gasteiger partial charge in [-0.15, -0.1) is 11.8 Å². The van der Waals surface area contributed by atoms with E-state index < -0.39 is 14.9 Å². The molecule has 0 amide bonds. The van der Waals surface area contributed by atoms with Crippen LogP contribution in [0.4, 0.5) is 22.9 Å². The van der Waals surface area contributed by atoms with E-state index in [9.17, 15) is 18.5 Å². The molecule has 6 aromatic rings. The lowest BCUT2D eigenvalue weighted by Gasteiger charge is -2.36. The van der Waals surface area contributed by atoms with Gasteiger partial charge in [-0.3, -0.25) is 29.5 Å². The Balaban J connectivity index is 0.817. The number of nitro benzene ring substituents is 1. The van der Waals surface area contributed by atoms with E-state index in [-0.39, 0.29) is 28.1 Å². The smallest absolute Gasteiger partial charge is 0.293 e. The lowest BCUT2D eigenvalue weighted by molar-refractivity contribution is -0.384. The summed E-state index contributed by atoms with van der Waals surface area (Å²) in [5.41, 5.74) is 5.12. The van der Waals surface area contributed by atoms with E-state index in [1.165, 1.54) is 29.6 Å². The van der Waals surface area contributed by atoms with Crippen molar-refractivity contribution in [1.82, 2.24) is 24.7 Å². The zero-order valence-corrected chi connectivity index (χ0v) is 40.3. The fourth-order valence-electron chi connectivity index (χ4n) is 8.95. The van der Waals surface area contributed by atoms with Gasteiger partial charge in [0.25, 0.3) is 15.7 Å². The van der Waals surface area contributed by atoms with Crippen LogP contribution in [0, 0.1) is 10.1 Å². The molecule has 0 unspecified atom stereocenters. The highest BCUT2D eigenvalue weighted by atomic mass is 32.2. The number of ether oxygens (including phenoxy) is 3. The highest BCUT2D eigenvalue weighted by Crippen LogP contribution is 2.33. The van der Waals surface area contributed by atoms with Gasteiger partial charge in [0.05, 0.1) is 41.8 Å². The lowest BCUT2D eigenvalue weighted by atomic mass is 9.99. The van der Waals surface area contributed by atoms with Crippen molar-refractivity contribution in [3.8, 4) is 16.9 Å². The normalized spacial score (nSPS) is 16.8. The van der Waals surface area contributed by atoms with Crippen LogP contribution >= 0.6 is 11.8 Å². The number of fused-ring (bicyclic) bond motifs is 1. The number of nitrogens with one attached hydrogen (secondary N) is 2. The second-order valence-electron chi connectivity index (χ2n) is 17.4. The molecule has 0 saturated carbocycles. The number of hydrogen-bond acceptors (Lipinski definition) is 15. The summed E-state index contributed by atoms with van der Waals surface area (Å²) in [6.45, 7) is 13.0. The second-order valence-corrected chi connectivity index (χ2v) is 20.2. The van der Waals surface area contributed by atoms with Gasteiger partial charge >= 0.3 is 0 Å². The van der Waals surface area contributed by atoms with E-state index in [1.807, 2.05) is 48.5 Å². The molecule has 5 aromatic carbocycles. The highest BCUT2D eigenvalue weighted by Gasteiger charge is 2.26. The molecule has 0 spiro atoms. The van der Waals surface area contributed by atoms with Gasteiger partial charge in [-0.25, -0.2) is 18.4 Å². The Bertz CT molecular complexity index is 2750. The second kappa shape index (κ2) is 23.2. The molecule has 362 valence electrons. The predicted molar refractivity (Wildman–Crippen MR) is 272 cm³/mol. The highest BCUT2D eigenvalue weighted by molar-refractivity contribution is 7.99. The number of anilines is 3. The molecule has 3 fully saturated rings. The van der Waals surface area contributed by atoms with E-state index in [2.05, 4.69) is 88.1 Å². The van der Waals surface area contributed by atoms with Crippen molar-refractivity contribution in [3.05, 3.63) is 137 Å². The maximum Gasteiger partial charge on any atom is 0.293 e. The quantitative estimate of drug-likeness (QED) is 0.0443. The molecule has 3 aliphatic heterocycles. The van der Waals surface area contributed by atoms with Crippen molar-refractivity contribution in [3.63, 3.8) is 0 Å². The average molecular weight is 974 g/mol. The molecule has 1 aromatic heterocycles. The molecule has 2 N–H and O–H groups in total. The predicted octanol–water partition coefficient (Wildman–Crippen LogP) is 7.33. The molecule has 16 nitrogen and oxygen atoms in total. The fraction of sp³-hybridized carbons (Fsp3) is 0.373. The van der Waals surface area contributed by atoms with Crippen LogP contribution in [0.3, 0.4) is 0 Å². The fourth-order valence-corrected chi connectivity index (χ4v) is 11.0. The van der Waals surface area contributed by atoms with E-state index in [0.29, 0.717) is 36.5 Å². The summed E-state index contributed by atoms with van der Waals surface area (Å²) in [7, 11) is -4.29. The number of hydrogen-bond donors (Lipinski definition) is 2. The largest absolute Gasteiger partial charge is 0.492 e. The van der Waals surface area contributed by atoms with Crippen LogP contribution in [0.15, 0.2) is 131 Å². The number of nitrogens with zero attached hydrogens (tertiary/aromatic N) is 7. The zero-order chi connectivity index (χ0) is 47.4. The van der Waals surface area contributed by atoms with Crippen molar-refractivity contribution >= 4 is 55.6 Å². The summed E-state index contributed by atoms with van der Waals surface area (Å²) in [5.74, 6) is 1.62. The monoisotopic (exact) mass is 973 g/mol. The van der Waals surface area contributed by atoms with Crippen LogP contribution in [0.1, 0.15) is 12.0 Å². The van der Waals surface area contributed by atoms with Gasteiger partial charge in [-0.2, -0.15) is 0 Å². The molecule has 3 saturated heterocycles. The maximum absolute atomic E-state index is 13.9. The molecule has 9 rings (SSSR count). The summed E-state index contributed by atoms with van der Waals surface area (Å²) in [5, 5.41) is 16.4. The number of benzene rings is 5. The van der Waals surface area contributed by atoms with Crippen molar-refractivity contribution in [2.24, 2.45) is 0 Å². The van der Waals surface area contributed by atoms with E-state index in [1.54, 1.807) is 11.8 Å². The molecular weight excluding hydrogens is 915 g/mol. The van der Waals surface area contributed by atoms with Crippen LogP contribution in [-0.2, 0) is 26.0 Å². The van der Waals surface area contributed by atoms with Gasteiger partial charge in [-0.1, -0.05) is 54.6 Å². The van der Waals surface area contributed by atoms with Crippen molar-refractivity contribution in [2.75, 3.05) is 119 Å². The first-order valence-electron chi connectivity index (χ1n) is 23.6. The third-order valence-corrected chi connectivity index (χ3v) is 15.4. The van der Waals surface area contributed by atoms with Gasteiger partial charge in [0.1, 0.15) is 24.4 Å². The van der Waals surface area contributed by atoms with E-state index >= 15 is 0 Å². The molecule has 0 radical (unpaired) electrons. The minimum absolute atomic E-state index is 0.0898. The number of sulfonamides is 1. The molecule has 18 heteroatoms. The van der Waals surface area contributed by atoms with Gasteiger partial charge in [0.15, 0.2) is 5.82 Å². The van der Waals surface area contributed by atoms with Gasteiger partial charge in [-0.05, 0) is 77.7 Å². The van der Waals surface area contributed by atoms with Crippen LogP contribution in [0.25, 0.3) is 22.0 Å². The molecule has 0 aliphatic carbocycles. The minimum atomic E-state index is -4.29. The standard InChI is InChI=1S/C51H59N9O7S2/c61-60(62)50-35-45(15-17-48(50)54-41(18-19-56-24-29-65-30-25-56)37-68-44-7-2-1-3-8-44)69(63,64)55-51-47-16-12-42(34-49(47)52-38-53-51)59-22-20-58(21-23-59)36-40-6-4-5-9-46(40)39-10-13-43(14-11-39)67-33-28-57-26-31-66-32-27-57/h1-17,34-35,38,41,54H,18-33,36-37H2,(H,52,53,55)/t41-/m1/s1. The molecule has 4 heterocycles. The summed E-state index contributed by atoms with van der Waals surface area (Å²) in [4.78, 5) is 31.1. The Kier molecular flexibility index (Phi) is 16.2. The van der Waals surface area contributed by atoms with Gasteiger partial charge in [0.2, 0.25) is 0 Å². The van der Waals surface area contributed by atoms with Crippen LogP contribution < -0.4 is 19.7 Å². The number of rotatable bonds is 20. The van der Waals surface area contributed by atoms with Crippen LogP contribution in [0.2, 0.25) is 0 Å². The summed E-state index contributed by atoms with van der Waals surface area (Å²) >= 11 is 1.67. The minimum Gasteiger partial charge on any atom is -0.492 e. The molecule has 69 heavy (non-hydrogen) atoms. The van der Waals surface area contributed by atoms with Gasteiger partial charge in [0, 0.05) is 106 Å². The number of morpholine rings is 2. The van der Waals surface area contributed by atoms with Crippen LogP contribution in [0.5, 0.6) is 5.75 Å². The number of aromatic nitrogens is 2. The topological polar surface area (TPSA) is 168 Å². The third-order valence-electron chi connectivity index (χ3n) is 12.9. The van der Waals surface area contributed by atoms with Crippen molar-refractivity contribution < 1.29 is 27.6 Å². The zero-order valence-electron chi connectivity index (χ0n) is 38.7. The maximum atomic E-state index is 13.9. The summed E-state index contributed by atoms with van der Waals surface area (Å²) in [6, 6.07) is 36.5. The first-order chi connectivity index (χ1) is 33.7. The Morgan fingerprint density at radius 3 is 2.20 bits per heavy atom.